The predicted octanol–water partition coefficient (Wildman–Crippen LogP) is 3.68. The summed E-state index contributed by atoms with van der Waals surface area (Å²) in [6, 6.07) is 6.01. The van der Waals surface area contributed by atoms with Crippen LogP contribution in [0.15, 0.2) is 18.2 Å². The van der Waals surface area contributed by atoms with Crippen LogP contribution in [0.2, 0.25) is 0 Å². The molecule has 2 rings (SSSR count). The zero-order chi connectivity index (χ0) is 11.1. The Morgan fingerprint density at radius 3 is 2.47 bits per heavy atom. The predicted molar refractivity (Wildman–Crippen MR) is 62.2 cm³/mol. The molecule has 1 aromatic carbocycles. The topological polar surface area (TPSA) is 17.1 Å². The summed E-state index contributed by atoms with van der Waals surface area (Å²) in [6.45, 7) is 6.34. The maximum atomic E-state index is 12.0. The maximum Gasteiger partial charge on any atom is 0.163 e. The lowest BCUT2D eigenvalue weighted by molar-refractivity contribution is 0.0959. The van der Waals surface area contributed by atoms with E-state index in [1.165, 1.54) is 24.0 Å². The van der Waals surface area contributed by atoms with E-state index in [0.29, 0.717) is 11.2 Å². The van der Waals surface area contributed by atoms with Crippen LogP contribution in [0.4, 0.5) is 0 Å². The largest absolute Gasteiger partial charge is 0.294 e. The van der Waals surface area contributed by atoms with Gasteiger partial charge in [0.05, 0.1) is 0 Å². The van der Waals surface area contributed by atoms with Crippen molar-refractivity contribution in [1.82, 2.24) is 0 Å². The van der Waals surface area contributed by atoms with Crippen molar-refractivity contribution in [3.05, 3.63) is 34.9 Å². The monoisotopic (exact) mass is 202 g/mol. The second-order valence-corrected chi connectivity index (χ2v) is 5.21. The van der Waals surface area contributed by atoms with E-state index in [0.717, 1.165) is 12.0 Å². The molecule has 0 aromatic heterocycles. The first-order chi connectivity index (χ1) is 7.00. The van der Waals surface area contributed by atoms with Crippen molar-refractivity contribution in [3.8, 4) is 0 Å². The molecule has 0 spiro atoms. The molecule has 1 nitrogen and oxygen atoms in total. The van der Waals surface area contributed by atoms with Crippen LogP contribution in [0.3, 0.4) is 0 Å². The lowest BCUT2D eigenvalue weighted by atomic mass is 9.95. The van der Waals surface area contributed by atoms with Crippen LogP contribution in [0.5, 0.6) is 0 Å². The zero-order valence-corrected chi connectivity index (χ0v) is 9.76. The number of carbonyl (C=O) groups excluding carboxylic acids is 1. The van der Waals surface area contributed by atoms with Crippen LogP contribution in [-0.2, 0) is 0 Å². The highest BCUT2D eigenvalue weighted by molar-refractivity contribution is 5.96. The molecule has 1 heteroatoms. The van der Waals surface area contributed by atoms with E-state index in [9.17, 15) is 4.79 Å². The Morgan fingerprint density at radius 1 is 1.27 bits per heavy atom. The van der Waals surface area contributed by atoms with Gasteiger partial charge in [0.1, 0.15) is 0 Å². The third-order valence-corrected chi connectivity index (χ3v) is 3.52. The number of rotatable bonds is 3. The summed E-state index contributed by atoms with van der Waals surface area (Å²) >= 11 is 0. The normalized spacial score (nSPS) is 17.5. The van der Waals surface area contributed by atoms with Crippen LogP contribution in [-0.4, -0.2) is 5.78 Å². The lowest BCUT2D eigenvalue weighted by Gasteiger charge is -2.08. The van der Waals surface area contributed by atoms with Gasteiger partial charge >= 0.3 is 0 Å². The summed E-state index contributed by atoms with van der Waals surface area (Å²) in [6.07, 6.45) is 3.14. The van der Waals surface area contributed by atoms with Crippen LogP contribution in [0, 0.1) is 19.3 Å². The number of hydrogen-bond donors (Lipinski definition) is 0. The van der Waals surface area contributed by atoms with Gasteiger partial charge in [-0.1, -0.05) is 19.1 Å². The van der Waals surface area contributed by atoms with E-state index < -0.39 is 0 Å². The van der Waals surface area contributed by atoms with Crippen molar-refractivity contribution in [3.63, 3.8) is 0 Å². The molecule has 0 radical (unpaired) electrons. The van der Waals surface area contributed by atoms with Crippen LogP contribution in [0.25, 0.3) is 0 Å². The van der Waals surface area contributed by atoms with Gasteiger partial charge in [0.15, 0.2) is 5.78 Å². The standard InChI is InChI=1S/C14H18O/c1-10-4-5-12(8-11(10)2)13(15)9-14(3)6-7-14/h4-5,8H,6-7,9H2,1-3H3. The minimum absolute atomic E-state index is 0.304. The Hall–Kier alpha value is -1.11. The molecule has 0 saturated heterocycles. The fourth-order valence-corrected chi connectivity index (χ4v) is 1.79. The quantitative estimate of drug-likeness (QED) is 0.683. The first-order valence-corrected chi connectivity index (χ1v) is 5.61. The minimum Gasteiger partial charge on any atom is -0.294 e. The Balaban J connectivity index is 2.15. The SMILES string of the molecule is Cc1ccc(C(=O)CC2(C)CC2)cc1C. The van der Waals surface area contributed by atoms with Gasteiger partial charge in [-0.2, -0.15) is 0 Å². The van der Waals surface area contributed by atoms with Crippen LogP contribution < -0.4 is 0 Å². The maximum absolute atomic E-state index is 12.0. The molecule has 0 amide bonds. The van der Waals surface area contributed by atoms with Crippen molar-refractivity contribution in [2.24, 2.45) is 5.41 Å². The Kier molecular flexibility index (Phi) is 2.41. The average Bonchev–Trinajstić information content (AvgIpc) is 2.88. The van der Waals surface area contributed by atoms with E-state index in [4.69, 9.17) is 0 Å². The van der Waals surface area contributed by atoms with E-state index in [-0.39, 0.29) is 0 Å². The number of hydrogen-bond acceptors (Lipinski definition) is 1. The van der Waals surface area contributed by atoms with E-state index in [1.54, 1.807) is 0 Å². The molecule has 15 heavy (non-hydrogen) atoms. The van der Waals surface area contributed by atoms with Gasteiger partial charge < -0.3 is 0 Å². The van der Waals surface area contributed by atoms with E-state index in [1.807, 2.05) is 18.2 Å². The second-order valence-electron chi connectivity index (χ2n) is 5.21. The molecule has 1 aliphatic rings. The van der Waals surface area contributed by atoms with Crippen molar-refractivity contribution in [1.29, 1.82) is 0 Å². The second kappa shape index (κ2) is 3.48. The highest BCUT2D eigenvalue weighted by Gasteiger charge is 2.39. The smallest absolute Gasteiger partial charge is 0.163 e. The number of carbonyl (C=O) groups is 1. The van der Waals surface area contributed by atoms with Crippen molar-refractivity contribution < 1.29 is 4.79 Å². The molecule has 1 saturated carbocycles. The summed E-state index contributed by atoms with van der Waals surface area (Å²) < 4.78 is 0. The molecule has 0 atom stereocenters. The third kappa shape index (κ3) is 2.28. The minimum atomic E-state index is 0.304. The molecule has 0 heterocycles. The summed E-state index contributed by atoms with van der Waals surface area (Å²) in [5.74, 6) is 0.304. The van der Waals surface area contributed by atoms with Crippen LogP contribution in [0.1, 0.15) is 47.7 Å². The molecule has 1 fully saturated rings. The Labute approximate surface area is 91.5 Å². The zero-order valence-electron chi connectivity index (χ0n) is 9.76. The Bertz CT molecular complexity index is 400. The third-order valence-electron chi connectivity index (χ3n) is 3.52. The van der Waals surface area contributed by atoms with Gasteiger partial charge in [-0.05, 0) is 49.3 Å². The highest BCUT2D eigenvalue weighted by Crippen LogP contribution is 2.48. The first-order valence-electron chi connectivity index (χ1n) is 5.61. The molecule has 1 aliphatic carbocycles. The number of aryl methyl sites for hydroxylation is 2. The molecule has 0 unspecified atom stereocenters. The number of benzene rings is 1. The molecule has 0 bridgehead atoms. The average molecular weight is 202 g/mol. The van der Waals surface area contributed by atoms with Crippen LogP contribution >= 0.6 is 0 Å². The van der Waals surface area contributed by atoms with E-state index >= 15 is 0 Å². The molecule has 0 aliphatic heterocycles. The van der Waals surface area contributed by atoms with Crippen molar-refractivity contribution in [2.75, 3.05) is 0 Å². The Morgan fingerprint density at radius 2 is 1.93 bits per heavy atom. The molecule has 80 valence electrons. The number of Topliss-reactive ketones (excluding diaryl/α,β-unsaturated/α-hetero) is 1. The summed E-state index contributed by atoms with van der Waals surface area (Å²) in [5, 5.41) is 0. The van der Waals surface area contributed by atoms with E-state index in [2.05, 4.69) is 20.8 Å². The van der Waals surface area contributed by atoms with Gasteiger partial charge in [-0.3, -0.25) is 4.79 Å². The van der Waals surface area contributed by atoms with Crippen molar-refractivity contribution >= 4 is 5.78 Å². The molecule has 1 aromatic rings. The molecule has 0 N–H and O–H groups in total. The summed E-state index contributed by atoms with van der Waals surface area (Å²) in [5.41, 5.74) is 3.66. The lowest BCUT2D eigenvalue weighted by Crippen LogP contribution is -2.06. The molecular formula is C14H18O. The van der Waals surface area contributed by atoms with Crippen molar-refractivity contribution in [2.45, 2.75) is 40.0 Å². The van der Waals surface area contributed by atoms with Gasteiger partial charge in [-0.15, -0.1) is 0 Å². The van der Waals surface area contributed by atoms with Gasteiger partial charge in [0, 0.05) is 12.0 Å². The summed E-state index contributed by atoms with van der Waals surface area (Å²) in [7, 11) is 0. The molecular weight excluding hydrogens is 184 g/mol. The summed E-state index contributed by atoms with van der Waals surface area (Å²) in [4.78, 5) is 12.0. The first kappa shape index (κ1) is 10.4. The van der Waals surface area contributed by atoms with Gasteiger partial charge in [0.2, 0.25) is 0 Å². The van der Waals surface area contributed by atoms with Gasteiger partial charge in [-0.25, -0.2) is 0 Å². The van der Waals surface area contributed by atoms with Gasteiger partial charge in [0.25, 0.3) is 0 Å². The highest BCUT2D eigenvalue weighted by atomic mass is 16.1. The fourth-order valence-electron chi connectivity index (χ4n) is 1.79. The number of ketones is 1. The fraction of sp³-hybridized carbons (Fsp3) is 0.500.